The molecule has 0 rings (SSSR count). The van der Waals surface area contributed by atoms with Crippen molar-refractivity contribution in [3.8, 4) is 0 Å². The topological polar surface area (TPSA) is 0 Å². The number of hydrogen-bond donors (Lipinski definition) is 0. The summed E-state index contributed by atoms with van der Waals surface area (Å²) in [6.45, 7) is 14.8. The Labute approximate surface area is 69.2 Å². The van der Waals surface area contributed by atoms with Gasteiger partial charge in [-0.05, 0) is 4.66 Å². The first-order chi connectivity index (χ1) is 4.31. The Kier molecular flexibility index (Phi) is 3.36. The highest BCUT2D eigenvalue weighted by Crippen LogP contribution is 2.35. The van der Waals surface area contributed by atoms with Crippen LogP contribution < -0.4 is 0 Å². The Balaban J connectivity index is 4.10. The Bertz CT molecular complexity index is 100. The highest BCUT2D eigenvalue weighted by Gasteiger charge is 2.33. The summed E-state index contributed by atoms with van der Waals surface area (Å²) in [7, 11) is -0.637. The van der Waals surface area contributed by atoms with Crippen molar-refractivity contribution in [2.45, 2.75) is 51.1 Å². The van der Waals surface area contributed by atoms with Gasteiger partial charge in [-0.25, -0.2) is 0 Å². The van der Waals surface area contributed by atoms with Gasteiger partial charge >= 0.3 is 0 Å². The van der Waals surface area contributed by atoms with Crippen LogP contribution in [0.15, 0.2) is 0 Å². The fourth-order valence-electron chi connectivity index (χ4n) is 1.000. The Hall–Kier alpha value is 0.434. The van der Waals surface area contributed by atoms with E-state index in [-0.39, 0.29) is 9.52 Å². The van der Waals surface area contributed by atoms with E-state index in [2.05, 4.69) is 40.4 Å². The molecule has 0 aromatic carbocycles. The zero-order valence-electron chi connectivity index (χ0n) is 8.41. The lowest BCUT2D eigenvalue weighted by atomic mass is 10.5. The number of rotatable bonds is 3. The highest BCUT2D eigenvalue weighted by molar-refractivity contribution is 6.87. The van der Waals surface area contributed by atoms with E-state index in [0.29, 0.717) is 0 Å². The minimum absolute atomic E-state index is 0.207. The van der Waals surface area contributed by atoms with Gasteiger partial charge < -0.3 is 0 Å². The lowest BCUT2D eigenvalue weighted by Gasteiger charge is -2.36. The van der Waals surface area contributed by atoms with E-state index in [1.165, 1.54) is 6.04 Å². The maximum atomic E-state index is 2.50. The van der Waals surface area contributed by atoms with Crippen LogP contribution in [0.4, 0.5) is 0 Å². The molecule has 0 aliphatic carbocycles. The SMILES string of the molecule is CC[SiH2]C(C)(C)[Si](C)(C)C. The summed E-state index contributed by atoms with van der Waals surface area (Å²) in [4.78, 5) is 0. The molecule has 2 heteroatoms. The smallest absolute Gasteiger partial charge is 0.0467 e. The first kappa shape index (κ1) is 10.4. The van der Waals surface area contributed by atoms with E-state index < -0.39 is 8.07 Å². The first-order valence-corrected chi connectivity index (χ1v) is 9.52. The largest absolute Gasteiger partial charge is 0.0694 e. The van der Waals surface area contributed by atoms with E-state index in [1.54, 1.807) is 0 Å². The van der Waals surface area contributed by atoms with Gasteiger partial charge in [-0.3, -0.25) is 0 Å². The molecule has 0 aromatic heterocycles. The van der Waals surface area contributed by atoms with Crippen molar-refractivity contribution in [1.82, 2.24) is 0 Å². The van der Waals surface area contributed by atoms with E-state index in [1.807, 2.05) is 0 Å². The van der Waals surface area contributed by atoms with Crippen molar-refractivity contribution in [2.75, 3.05) is 0 Å². The lowest BCUT2D eigenvalue weighted by Crippen LogP contribution is -2.39. The van der Waals surface area contributed by atoms with Crippen LogP contribution in [-0.2, 0) is 0 Å². The fourth-order valence-corrected chi connectivity index (χ4v) is 6.00. The standard InChI is InChI=1S/C8H22Si2/c1-7-9-8(2,3)10(4,5)6/h7,9H2,1-6H3. The molecule has 0 radical (unpaired) electrons. The van der Waals surface area contributed by atoms with Crippen molar-refractivity contribution in [2.24, 2.45) is 0 Å². The van der Waals surface area contributed by atoms with Crippen LogP contribution in [0, 0.1) is 0 Å². The Morgan fingerprint density at radius 2 is 1.60 bits per heavy atom. The average Bonchev–Trinajstić information content (AvgIpc) is 1.61. The molecule has 0 bridgehead atoms. The maximum Gasteiger partial charge on any atom is 0.0467 e. The molecule has 0 N–H and O–H groups in total. The molecule has 10 heavy (non-hydrogen) atoms. The van der Waals surface area contributed by atoms with Crippen LogP contribution in [-0.4, -0.2) is 17.6 Å². The second-order valence-corrected chi connectivity index (χ2v) is 14.7. The molecule has 0 fully saturated rings. The fraction of sp³-hybridized carbons (Fsp3) is 1.00. The van der Waals surface area contributed by atoms with Crippen LogP contribution in [0.25, 0.3) is 0 Å². The van der Waals surface area contributed by atoms with Gasteiger partial charge in [0.05, 0.1) is 0 Å². The molecule has 0 atom stereocenters. The minimum atomic E-state index is -0.844. The molecule has 0 saturated heterocycles. The van der Waals surface area contributed by atoms with Crippen molar-refractivity contribution in [1.29, 1.82) is 0 Å². The molecule has 0 unspecified atom stereocenters. The van der Waals surface area contributed by atoms with Crippen molar-refractivity contribution in [3.05, 3.63) is 0 Å². The average molecular weight is 174 g/mol. The predicted molar refractivity (Wildman–Crippen MR) is 56.4 cm³/mol. The third kappa shape index (κ3) is 2.58. The molecule has 62 valence electrons. The summed E-state index contributed by atoms with van der Waals surface area (Å²) in [6.07, 6.45) is 0. The quantitative estimate of drug-likeness (QED) is 0.577. The van der Waals surface area contributed by atoms with Gasteiger partial charge in [0.25, 0.3) is 0 Å². The van der Waals surface area contributed by atoms with Gasteiger partial charge in [-0.1, -0.05) is 46.5 Å². The second kappa shape index (κ2) is 3.22. The molecule has 0 spiro atoms. The van der Waals surface area contributed by atoms with E-state index >= 15 is 0 Å². The molecule has 0 aliphatic rings. The summed E-state index contributed by atoms with van der Waals surface area (Å²) in [5.74, 6) is 0. The molecule has 0 amide bonds. The van der Waals surface area contributed by atoms with E-state index in [9.17, 15) is 0 Å². The highest BCUT2D eigenvalue weighted by atomic mass is 28.4. The lowest BCUT2D eigenvalue weighted by molar-refractivity contribution is 0.892. The van der Waals surface area contributed by atoms with Crippen LogP contribution in [0.2, 0.25) is 30.3 Å². The van der Waals surface area contributed by atoms with E-state index in [0.717, 1.165) is 4.66 Å². The molecule has 0 nitrogen and oxygen atoms in total. The Morgan fingerprint density at radius 1 is 1.20 bits per heavy atom. The monoisotopic (exact) mass is 174 g/mol. The molecule has 0 heterocycles. The minimum Gasteiger partial charge on any atom is -0.0694 e. The van der Waals surface area contributed by atoms with Gasteiger partial charge in [0.15, 0.2) is 0 Å². The zero-order chi connectivity index (χ0) is 8.41. The Morgan fingerprint density at radius 3 is 1.70 bits per heavy atom. The van der Waals surface area contributed by atoms with Crippen molar-refractivity contribution >= 4 is 17.6 Å². The van der Waals surface area contributed by atoms with Crippen molar-refractivity contribution in [3.63, 3.8) is 0 Å². The van der Waals surface area contributed by atoms with Gasteiger partial charge in [0.1, 0.15) is 0 Å². The van der Waals surface area contributed by atoms with Crippen LogP contribution in [0.3, 0.4) is 0 Å². The maximum absolute atomic E-state index is 2.50. The van der Waals surface area contributed by atoms with Gasteiger partial charge in [0.2, 0.25) is 0 Å². The second-order valence-electron chi connectivity index (χ2n) is 4.88. The van der Waals surface area contributed by atoms with Crippen molar-refractivity contribution < 1.29 is 0 Å². The van der Waals surface area contributed by atoms with E-state index in [4.69, 9.17) is 0 Å². The molecular weight excluding hydrogens is 152 g/mol. The van der Waals surface area contributed by atoms with Crippen LogP contribution >= 0.6 is 0 Å². The van der Waals surface area contributed by atoms with Crippen LogP contribution in [0.1, 0.15) is 20.8 Å². The van der Waals surface area contributed by atoms with Crippen LogP contribution in [0.5, 0.6) is 0 Å². The van der Waals surface area contributed by atoms with Gasteiger partial charge in [-0.2, -0.15) is 0 Å². The first-order valence-electron chi connectivity index (χ1n) is 4.31. The summed E-state index contributed by atoms with van der Waals surface area (Å²) in [5, 5.41) is 0. The van der Waals surface area contributed by atoms with Gasteiger partial charge in [-0.15, -0.1) is 0 Å². The summed E-state index contributed by atoms with van der Waals surface area (Å²) < 4.78 is 0.766. The summed E-state index contributed by atoms with van der Waals surface area (Å²) in [6, 6.07) is 1.47. The number of hydrogen-bond acceptors (Lipinski definition) is 0. The summed E-state index contributed by atoms with van der Waals surface area (Å²) in [5.41, 5.74) is 0. The predicted octanol–water partition coefficient (Wildman–Crippen LogP) is 2.67. The third-order valence-corrected chi connectivity index (χ3v) is 12.6. The molecule has 0 saturated carbocycles. The third-order valence-electron chi connectivity index (χ3n) is 2.91. The molecule has 0 aliphatic heterocycles. The zero-order valence-corrected chi connectivity index (χ0v) is 10.8. The molecule has 0 aromatic rings. The van der Waals surface area contributed by atoms with Gasteiger partial charge in [0, 0.05) is 17.6 Å². The summed E-state index contributed by atoms with van der Waals surface area (Å²) >= 11 is 0. The molecular formula is C8H22Si2. The normalized spacial score (nSPS) is 15.0.